The van der Waals surface area contributed by atoms with Crippen LogP contribution >= 0.6 is 0 Å². The normalized spacial score (nSPS) is 1.00. The van der Waals surface area contributed by atoms with Crippen molar-refractivity contribution in [3.8, 4) is 0 Å². The van der Waals surface area contributed by atoms with Gasteiger partial charge >= 0.3 is 62.1 Å². The molecule has 0 aromatic heterocycles. The molecule has 0 aromatic rings. The summed E-state index contributed by atoms with van der Waals surface area (Å²) in [5.74, 6) is 0. The van der Waals surface area contributed by atoms with E-state index in [4.69, 9.17) is 3.78 Å². The van der Waals surface area contributed by atoms with Gasteiger partial charge in [-0.1, -0.05) is 0 Å². The first-order chi connectivity index (χ1) is 1.00. The summed E-state index contributed by atoms with van der Waals surface area (Å²) in [6.45, 7) is 0. The fraction of sp³-hybridized carbons (Fsp3) is 0. The van der Waals surface area contributed by atoms with Gasteiger partial charge in [0, 0.05) is 0 Å². The molecule has 0 N–H and O–H groups in total. The second kappa shape index (κ2) is 22.2. The Labute approximate surface area is 61.7 Å². The standard InChI is InChI=1S/GeO.Li.Mg.3H/c1-2;;;;;. The van der Waals surface area contributed by atoms with Gasteiger partial charge in [0.1, 0.15) is 0 Å². The van der Waals surface area contributed by atoms with Gasteiger partial charge in [-0.2, -0.15) is 0 Å². The maximum atomic E-state index is 8.25. The average molecular weight is 123 g/mol. The Morgan fingerprint density at radius 3 is 1.25 bits per heavy atom. The number of hydrogen-bond donors (Lipinski definition) is 0. The van der Waals surface area contributed by atoms with Crippen LogP contribution in [0.1, 0.15) is 0 Å². The van der Waals surface area contributed by atoms with Gasteiger partial charge in [-0.25, -0.2) is 0 Å². The zero-order valence-corrected chi connectivity index (χ0v) is 3.01. The fourth-order valence-electron chi connectivity index (χ4n) is 0. The van der Waals surface area contributed by atoms with Crippen molar-refractivity contribution in [2.24, 2.45) is 0 Å². The van der Waals surface area contributed by atoms with E-state index in [1.807, 2.05) is 0 Å². The third kappa shape index (κ3) is 9.32. The molecule has 0 bridgehead atoms. The van der Waals surface area contributed by atoms with Gasteiger partial charge in [-0.15, -0.1) is 0 Å². The minimum absolute atomic E-state index is 0. The van der Waals surface area contributed by atoms with Gasteiger partial charge in [0.05, 0.1) is 0 Å². The van der Waals surface area contributed by atoms with Crippen LogP contribution in [0.5, 0.6) is 0 Å². The van der Waals surface area contributed by atoms with Crippen molar-refractivity contribution in [1.82, 2.24) is 0 Å². The van der Waals surface area contributed by atoms with Crippen LogP contribution in [-0.4, -0.2) is 58.4 Å². The fourth-order valence-corrected chi connectivity index (χ4v) is 0. The van der Waals surface area contributed by atoms with Crippen LogP contribution in [0.4, 0.5) is 0 Å². The molecule has 4 heavy (non-hydrogen) atoms. The molecule has 0 spiro atoms. The third-order valence-electron chi connectivity index (χ3n) is 0. The Balaban J connectivity index is -0.00000000500. The van der Waals surface area contributed by atoms with Gasteiger partial charge in [0.15, 0.2) is 0 Å². The molecule has 0 fully saturated rings. The molecule has 0 aliphatic heterocycles. The van der Waals surface area contributed by atoms with E-state index >= 15 is 0 Å². The van der Waals surface area contributed by atoms with Crippen LogP contribution < -0.4 is 0 Å². The summed E-state index contributed by atoms with van der Waals surface area (Å²) in [6.07, 6.45) is 0. The molecule has 0 amide bonds. The zero-order valence-electron chi connectivity index (χ0n) is 0.908. The third-order valence-corrected chi connectivity index (χ3v) is 0. The molecule has 16 valence electrons. The summed E-state index contributed by atoms with van der Waals surface area (Å²) in [7, 11) is 0. The van der Waals surface area contributed by atoms with Crippen molar-refractivity contribution < 1.29 is 3.78 Å². The van der Waals surface area contributed by atoms with Crippen LogP contribution in [-0.2, 0) is 3.78 Å². The Morgan fingerprint density at radius 2 is 1.25 bits per heavy atom. The van der Waals surface area contributed by atoms with E-state index in [2.05, 4.69) is 0 Å². The van der Waals surface area contributed by atoms with Gasteiger partial charge in [-0.05, 0) is 0 Å². The SMILES string of the molecule is [LiH].[MgH2].[O]=[Ge]. The minimum atomic E-state index is 0. The Kier molecular flexibility index (Phi) is 95.8. The van der Waals surface area contributed by atoms with E-state index < -0.39 is 0 Å². The molecule has 2 radical (unpaired) electrons. The molecule has 0 atom stereocenters. The molecule has 4 heteroatoms. The van der Waals surface area contributed by atoms with Gasteiger partial charge in [0.25, 0.3) is 0 Å². The Morgan fingerprint density at radius 1 is 1.25 bits per heavy atom. The van der Waals surface area contributed by atoms with Gasteiger partial charge in [0.2, 0.25) is 0 Å². The molecule has 0 saturated heterocycles. The molecule has 0 rings (SSSR count). The van der Waals surface area contributed by atoms with E-state index in [1.54, 1.807) is 0 Å². The summed E-state index contributed by atoms with van der Waals surface area (Å²) >= 11 is 0.750. The molecule has 0 aromatic carbocycles. The second-order valence-electron chi connectivity index (χ2n) is 0. The Hall–Kier alpha value is 1.71. The first-order valence-corrected chi connectivity index (χ1v) is 1.06. The van der Waals surface area contributed by atoms with Crippen molar-refractivity contribution in [3.63, 3.8) is 0 Å². The van der Waals surface area contributed by atoms with Crippen LogP contribution in [0.3, 0.4) is 0 Å². The van der Waals surface area contributed by atoms with Crippen LogP contribution in [0.2, 0.25) is 0 Å². The van der Waals surface area contributed by atoms with Crippen molar-refractivity contribution in [1.29, 1.82) is 0 Å². The monoisotopic (exact) mass is 124 g/mol. The van der Waals surface area contributed by atoms with E-state index in [0.29, 0.717) is 0 Å². The molecular weight excluding hydrogens is 120 g/mol. The molecule has 0 heterocycles. The van der Waals surface area contributed by atoms with E-state index in [-0.39, 0.29) is 41.9 Å². The summed E-state index contributed by atoms with van der Waals surface area (Å²) < 4.78 is 8.25. The summed E-state index contributed by atoms with van der Waals surface area (Å²) in [6, 6.07) is 0. The molecule has 0 saturated carbocycles. The molecule has 0 unspecified atom stereocenters. The van der Waals surface area contributed by atoms with E-state index in [9.17, 15) is 0 Å². The Bertz CT molecular complexity index is 8.00. The molecule has 0 aliphatic carbocycles. The first-order valence-electron chi connectivity index (χ1n) is 0.204. The van der Waals surface area contributed by atoms with Crippen molar-refractivity contribution >= 4 is 58.4 Å². The van der Waals surface area contributed by atoms with Crippen LogP contribution in [0, 0.1) is 0 Å². The summed E-state index contributed by atoms with van der Waals surface area (Å²) in [5.41, 5.74) is 0. The topological polar surface area (TPSA) is 17.1 Å². The first kappa shape index (κ1) is 17.3. The van der Waals surface area contributed by atoms with Crippen LogP contribution in [0.25, 0.3) is 0 Å². The van der Waals surface area contributed by atoms with E-state index in [0.717, 1.165) is 16.5 Å². The maximum absolute atomic E-state index is 8.25. The van der Waals surface area contributed by atoms with Crippen molar-refractivity contribution in [2.75, 3.05) is 0 Å². The molecule has 0 aliphatic rings. The number of hydrogen-bond acceptors (Lipinski definition) is 1. The van der Waals surface area contributed by atoms with Crippen LogP contribution in [0.15, 0.2) is 0 Å². The molecular formula is H3GeLiMgO. The zero-order chi connectivity index (χ0) is 2.00. The quantitative estimate of drug-likeness (QED) is 0.338. The van der Waals surface area contributed by atoms with E-state index in [1.165, 1.54) is 0 Å². The second-order valence-corrected chi connectivity index (χ2v) is 0. The van der Waals surface area contributed by atoms with Gasteiger partial charge < -0.3 is 0 Å². The van der Waals surface area contributed by atoms with Gasteiger partial charge in [-0.3, -0.25) is 0 Å². The van der Waals surface area contributed by atoms with Crippen molar-refractivity contribution in [3.05, 3.63) is 0 Å². The summed E-state index contributed by atoms with van der Waals surface area (Å²) in [4.78, 5) is 0. The van der Waals surface area contributed by atoms with Crippen molar-refractivity contribution in [2.45, 2.75) is 0 Å². The molecule has 1 nitrogen and oxygen atoms in total. The number of rotatable bonds is 0. The predicted octanol–water partition coefficient (Wildman–Crippen LogP) is -2.06. The summed E-state index contributed by atoms with van der Waals surface area (Å²) in [5, 5.41) is 0. The average Bonchev–Trinajstić information content (AvgIpc) is 1.00. The predicted molar refractivity (Wildman–Crippen MR) is 22.1 cm³/mol.